The van der Waals surface area contributed by atoms with Crippen molar-refractivity contribution in [2.24, 2.45) is 0 Å². The Labute approximate surface area is 121 Å². The van der Waals surface area contributed by atoms with Crippen LogP contribution in [0, 0.1) is 0 Å². The lowest BCUT2D eigenvalue weighted by Gasteiger charge is -2.11. The molecule has 0 atom stereocenters. The quantitative estimate of drug-likeness (QED) is 0.749. The Hall–Kier alpha value is -1.52. The lowest BCUT2D eigenvalue weighted by atomic mass is 10.2. The van der Waals surface area contributed by atoms with Gasteiger partial charge in [0.05, 0.1) is 6.61 Å². The Morgan fingerprint density at radius 2 is 2.05 bits per heavy atom. The average Bonchev–Trinajstić information content (AvgIpc) is 2.81. The van der Waals surface area contributed by atoms with E-state index >= 15 is 0 Å². The predicted molar refractivity (Wildman–Crippen MR) is 84.5 cm³/mol. The van der Waals surface area contributed by atoms with Crippen molar-refractivity contribution in [1.82, 2.24) is 14.8 Å². The normalized spacial score (nSPS) is 11.4. The van der Waals surface area contributed by atoms with Crippen molar-refractivity contribution in [2.75, 3.05) is 40.3 Å². The molecule has 0 saturated carbocycles. The number of hydrogen-bond donors (Lipinski definition) is 1. The van der Waals surface area contributed by atoms with E-state index < -0.39 is 0 Å². The number of ether oxygens (including phenoxy) is 1. The molecule has 0 amide bonds. The van der Waals surface area contributed by atoms with Crippen LogP contribution in [-0.4, -0.2) is 49.8 Å². The highest BCUT2D eigenvalue weighted by atomic mass is 16.5. The minimum atomic E-state index is 0.710. The summed E-state index contributed by atoms with van der Waals surface area (Å²) in [5, 5.41) is 4.70. The first-order valence-corrected chi connectivity index (χ1v) is 7.28. The van der Waals surface area contributed by atoms with Gasteiger partial charge in [-0.1, -0.05) is 0 Å². The number of fused-ring (bicyclic) bond motifs is 1. The summed E-state index contributed by atoms with van der Waals surface area (Å²) >= 11 is 0. The Kier molecular flexibility index (Phi) is 5.44. The Morgan fingerprint density at radius 3 is 2.80 bits per heavy atom. The van der Waals surface area contributed by atoms with Gasteiger partial charge >= 0.3 is 0 Å². The van der Waals surface area contributed by atoms with E-state index in [4.69, 9.17) is 4.74 Å². The first-order valence-electron chi connectivity index (χ1n) is 7.28. The molecule has 4 heteroatoms. The van der Waals surface area contributed by atoms with Crippen LogP contribution in [0.5, 0.6) is 5.75 Å². The van der Waals surface area contributed by atoms with Crippen LogP contribution >= 0.6 is 0 Å². The van der Waals surface area contributed by atoms with E-state index in [1.54, 1.807) is 0 Å². The molecule has 2 aromatic rings. The second-order valence-electron chi connectivity index (χ2n) is 5.22. The van der Waals surface area contributed by atoms with E-state index in [0.717, 1.165) is 31.9 Å². The van der Waals surface area contributed by atoms with Crippen LogP contribution in [0.15, 0.2) is 30.5 Å². The Morgan fingerprint density at radius 1 is 1.20 bits per heavy atom. The number of nitrogens with one attached hydrogen (secondary N) is 1. The van der Waals surface area contributed by atoms with E-state index in [-0.39, 0.29) is 0 Å². The smallest absolute Gasteiger partial charge is 0.120 e. The van der Waals surface area contributed by atoms with E-state index in [1.165, 1.54) is 10.9 Å². The maximum Gasteiger partial charge on any atom is 0.120 e. The highest BCUT2D eigenvalue weighted by molar-refractivity contribution is 5.81. The number of hydrogen-bond acceptors (Lipinski definition) is 3. The maximum absolute atomic E-state index is 5.53. The number of aromatic nitrogens is 1. The molecule has 110 valence electrons. The second-order valence-corrected chi connectivity index (χ2v) is 5.22. The van der Waals surface area contributed by atoms with Gasteiger partial charge in [-0.05, 0) is 45.3 Å². The summed E-state index contributed by atoms with van der Waals surface area (Å²) in [7, 11) is 4.19. The van der Waals surface area contributed by atoms with Gasteiger partial charge in [-0.2, -0.15) is 0 Å². The number of nitrogens with zero attached hydrogens (tertiary/aromatic N) is 2. The Bertz CT molecular complexity index is 534. The van der Waals surface area contributed by atoms with Crippen LogP contribution in [-0.2, 0) is 6.54 Å². The molecule has 2 rings (SSSR count). The summed E-state index contributed by atoms with van der Waals surface area (Å²) in [4.78, 5) is 2.19. The van der Waals surface area contributed by atoms with Crippen molar-refractivity contribution in [1.29, 1.82) is 0 Å². The largest absolute Gasteiger partial charge is 0.494 e. The van der Waals surface area contributed by atoms with Crippen molar-refractivity contribution in [2.45, 2.75) is 13.5 Å². The molecule has 1 N–H and O–H groups in total. The van der Waals surface area contributed by atoms with Gasteiger partial charge in [0, 0.05) is 43.3 Å². The van der Waals surface area contributed by atoms with Crippen LogP contribution in [0.3, 0.4) is 0 Å². The molecule has 4 nitrogen and oxygen atoms in total. The van der Waals surface area contributed by atoms with Crippen LogP contribution in [0.2, 0.25) is 0 Å². The third-order valence-electron chi connectivity index (χ3n) is 3.32. The van der Waals surface area contributed by atoms with E-state index in [9.17, 15) is 0 Å². The summed E-state index contributed by atoms with van der Waals surface area (Å²) < 4.78 is 7.82. The molecule has 0 radical (unpaired) electrons. The summed E-state index contributed by atoms with van der Waals surface area (Å²) in [5.74, 6) is 0.946. The highest BCUT2D eigenvalue weighted by Crippen LogP contribution is 2.21. The molecular weight excluding hydrogens is 250 g/mol. The molecule has 0 aliphatic heterocycles. The summed E-state index contributed by atoms with van der Waals surface area (Å²) in [6, 6.07) is 8.44. The van der Waals surface area contributed by atoms with Gasteiger partial charge in [-0.15, -0.1) is 0 Å². The molecule has 1 heterocycles. The summed E-state index contributed by atoms with van der Waals surface area (Å²) in [6.45, 7) is 6.80. The van der Waals surface area contributed by atoms with Gasteiger partial charge in [0.2, 0.25) is 0 Å². The summed E-state index contributed by atoms with van der Waals surface area (Å²) in [5.41, 5.74) is 1.27. The first-order chi connectivity index (χ1) is 9.70. The zero-order chi connectivity index (χ0) is 14.4. The average molecular weight is 275 g/mol. The second kappa shape index (κ2) is 7.31. The molecule has 1 aromatic heterocycles. The minimum Gasteiger partial charge on any atom is -0.494 e. The third-order valence-corrected chi connectivity index (χ3v) is 3.32. The standard InChI is InChI=1S/C16H25N3O/c1-4-20-15-5-6-16-14(13-15)7-10-19(16)12-9-17-8-11-18(2)3/h5-7,10,13,17H,4,8-9,11-12H2,1-3H3. The molecule has 20 heavy (non-hydrogen) atoms. The van der Waals surface area contributed by atoms with Crippen LogP contribution in [0.25, 0.3) is 10.9 Å². The third kappa shape index (κ3) is 3.99. The SMILES string of the molecule is CCOc1ccc2c(ccn2CCNCCN(C)C)c1. The summed E-state index contributed by atoms with van der Waals surface area (Å²) in [6.07, 6.45) is 2.15. The zero-order valence-electron chi connectivity index (χ0n) is 12.7. The lowest BCUT2D eigenvalue weighted by Crippen LogP contribution is -2.28. The van der Waals surface area contributed by atoms with Crippen LogP contribution in [0.1, 0.15) is 6.92 Å². The fourth-order valence-corrected chi connectivity index (χ4v) is 2.26. The van der Waals surface area contributed by atoms with Crippen molar-refractivity contribution >= 4 is 10.9 Å². The lowest BCUT2D eigenvalue weighted by molar-refractivity contribution is 0.340. The van der Waals surface area contributed by atoms with Gasteiger partial charge < -0.3 is 19.5 Å². The molecule has 0 aliphatic carbocycles. The first kappa shape index (κ1) is 14.9. The molecule has 0 unspecified atom stereocenters. The minimum absolute atomic E-state index is 0.710. The molecule has 0 spiro atoms. The molecular formula is C16H25N3O. The molecule has 0 saturated heterocycles. The van der Waals surface area contributed by atoms with Crippen molar-refractivity contribution < 1.29 is 4.74 Å². The molecule has 0 bridgehead atoms. The molecule has 0 aliphatic rings. The van der Waals surface area contributed by atoms with Crippen LogP contribution in [0.4, 0.5) is 0 Å². The van der Waals surface area contributed by atoms with Gasteiger partial charge in [0.1, 0.15) is 5.75 Å². The monoisotopic (exact) mass is 275 g/mol. The highest BCUT2D eigenvalue weighted by Gasteiger charge is 2.02. The van der Waals surface area contributed by atoms with Gasteiger partial charge in [-0.3, -0.25) is 0 Å². The van der Waals surface area contributed by atoms with Gasteiger partial charge in [0.25, 0.3) is 0 Å². The van der Waals surface area contributed by atoms with Crippen molar-refractivity contribution in [3.63, 3.8) is 0 Å². The molecule has 1 aromatic carbocycles. The van der Waals surface area contributed by atoms with E-state index in [2.05, 4.69) is 53.3 Å². The zero-order valence-corrected chi connectivity index (χ0v) is 12.7. The number of benzene rings is 1. The fraction of sp³-hybridized carbons (Fsp3) is 0.500. The van der Waals surface area contributed by atoms with Crippen LogP contribution < -0.4 is 10.1 Å². The van der Waals surface area contributed by atoms with Gasteiger partial charge in [-0.25, -0.2) is 0 Å². The van der Waals surface area contributed by atoms with Crippen molar-refractivity contribution in [3.8, 4) is 5.75 Å². The van der Waals surface area contributed by atoms with E-state index in [0.29, 0.717) is 6.61 Å². The van der Waals surface area contributed by atoms with E-state index in [1.807, 2.05) is 13.0 Å². The molecule has 0 fully saturated rings. The predicted octanol–water partition coefficient (Wildman–Crippen LogP) is 2.19. The number of likely N-dealkylation sites (N-methyl/N-ethyl adjacent to an activating group) is 1. The maximum atomic E-state index is 5.53. The fourth-order valence-electron chi connectivity index (χ4n) is 2.26. The Balaban J connectivity index is 1.90. The van der Waals surface area contributed by atoms with Gasteiger partial charge in [0.15, 0.2) is 0 Å². The van der Waals surface area contributed by atoms with Crippen molar-refractivity contribution in [3.05, 3.63) is 30.5 Å². The topological polar surface area (TPSA) is 29.4 Å². The number of rotatable bonds is 8.